The van der Waals surface area contributed by atoms with E-state index in [2.05, 4.69) is 9.97 Å². The lowest BCUT2D eigenvalue weighted by Gasteiger charge is -2.08. The molecule has 0 atom stereocenters. The lowest BCUT2D eigenvalue weighted by molar-refractivity contribution is 0.694. The molecule has 1 heterocycles. The van der Waals surface area contributed by atoms with Crippen LogP contribution in [-0.4, -0.2) is 9.97 Å². The molecule has 1 saturated carbocycles. The summed E-state index contributed by atoms with van der Waals surface area (Å²) in [5.74, 6) is 0.821. The molecule has 2 N–H and O–H groups in total. The maximum atomic E-state index is 6.02. The minimum Gasteiger partial charge on any atom is -0.320 e. The third-order valence-electron chi connectivity index (χ3n) is 2.26. The normalized spacial score (nSPS) is 19.2. The van der Waals surface area contributed by atoms with Crippen molar-refractivity contribution in [2.45, 2.75) is 32.2 Å². The maximum Gasteiger partial charge on any atom is 0.125 e. The molecule has 0 aliphatic heterocycles. The molecule has 3 nitrogen and oxygen atoms in total. The number of aromatic nitrogens is 2. The number of nitrogens with two attached hydrogens (primary N) is 1. The van der Waals surface area contributed by atoms with Crippen LogP contribution < -0.4 is 5.73 Å². The van der Waals surface area contributed by atoms with Crippen LogP contribution in [0.2, 0.25) is 0 Å². The summed E-state index contributed by atoms with van der Waals surface area (Å²) in [7, 11) is 0. The van der Waals surface area contributed by atoms with Crippen molar-refractivity contribution in [1.82, 2.24) is 9.97 Å². The molecule has 1 aliphatic carbocycles. The molecule has 0 saturated heterocycles. The number of nitrogens with zero attached hydrogens (tertiary/aromatic N) is 2. The highest BCUT2D eigenvalue weighted by molar-refractivity contribution is 5.23. The second-order valence-corrected chi connectivity index (χ2v) is 3.60. The SMILES string of the molecule is Cc1cc(C2(N)CC2)nc(C)n1. The van der Waals surface area contributed by atoms with E-state index in [1.165, 1.54) is 0 Å². The standard InChI is InChI=1S/C9H13N3/c1-6-5-8(9(10)3-4-9)12-7(2)11-6/h5H,3-4,10H2,1-2H3. The summed E-state index contributed by atoms with van der Waals surface area (Å²) in [6.07, 6.45) is 2.12. The molecule has 3 heteroatoms. The van der Waals surface area contributed by atoms with E-state index in [1.54, 1.807) is 0 Å². The van der Waals surface area contributed by atoms with Crippen molar-refractivity contribution in [3.05, 3.63) is 23.3 Å². The van der Waals surface area contributed by atoms with Crippen LogP contribution in [0.1, 0.15) is 30.1 Å². The Morgan fingerprint density at radius 2 is 2.00 bits per heavy atom. The zero-order valence-electron chi connectivity index (χ0n) is 7.46. The summed E-state index contributed by atoms with van der Waals surface area (Å²) < 4.78 is 0. The van der Waals surface area contributed by atoms with Crippen LogP contribution >= 0.6 is 0 Å². The number of rotatable bonds is 1. The van der Waals surface area contributed by atoms with E-state index < -0.39 is 0 Å². The number of aryl methyl sites for hydroxylation is 2. The quantitative estimate of drug-likeness (QED) is 0.673. The van der Waals surface area contributed by atoms with Gasteiger partial charge < -0.3 is 5.73 Å². The lowest BCUT2D eigenvalue weighted by Crippen LogP contribution is -2.21. The second-order valence-electron chi connectivity index (χ2n) is 3.60. The second kappa shape index (κ2) is 2.26. The maximum absolute atomic E-state index is 6.02. The van der Waals surface area contributed by atoms with Crippen molar-refractivity contribution < 1.29 is 0 Å². The minimum atomic E-state index is -0.127. The van der Waals surface area contributed by atoms with E-state index in [0.29, 0.717) is 0 Å². The van der Waals surface area contributed by atoms with Crippen LogP contribution in [0.5, 0.6) is 0 Å². The molecule has 2 rings (SSSR count). The van der Waals surface area contributed by atoms with Crippen molar-refractivity contribution in [2.24, 2.45) is 5.73 Å². The van der Waals surface area contributed by atoms with Crippen molar-refractivity contribution in [1.29, 1.82) is 0 Å². The van der Waals surface area contributed by atoms with Gasteiger partial charge in [-0.05, 0) is 32.8 Å². The molecule has 0 spiro atoms. The van der Waals surface area contributed by atoms with E-state index in [-0.39, 0.29) is 5.54 Å². The van der Waals surface area contributed by atoms with Gasteiger partial charge in [-0.15, -0.1) is 0 Å². The Morgan fingerprint density at radius 3 is 2.50 bits per heavy atom. The fourth-order valence-corrected chi connectivity index (χ4v) is 1.36. The van der Waals surface area contributed by atoms with Crippen molar-refractivity contribution in [2.75, 3.05) is 0 Å². The van der Waals surface area contributed by atoms with Gasteiger partial charge in [-0.3, -0.25) is 0 Å². The molecule has 64 valence electrons. The van der Waals surface area contributed by atoms with Crippen LogP contribution in [0, 0.1) is 13.8 Å². The summed E-state index contributed by atoms with van der Waals surface area (Å²) in [5, 5.41) is 0. The molecular weight excluding hydrogens is 150 g/mol. The van der Waals surface area contributed by atoms with Crippen LogP contribution in [0.15, 0.2) is 6.07 Å². The summed E-state index contributed by atoms with van der Waals surface area (Å²) >= 11 is 0. The molecule has 1 fully saturated rings. The van der Waals surface area contributed by atoms with Crippen LogP contribution in [0.3, 0.4) is 0 Å². The smallest absolute Gasteiger partial charge is 0.125 e. The first-order chi connectivity index (χ1) is 5.60. The predicted octanol–water partition coefficient (Wildman–Crippen LogP) is 1.04. The van der Waals surface area contributed by atoms with E-state index in [0.717, 1.165) is 30.1 Å². The van der Waals surface area contributed by atoms with Crippen LogP contribution in [0.25, 0.3) is 0 Å². The monoisotopic (exact) mass is 163 g/mol. The van der Waals surface area contributed by atoms with Crippen LogP contribution in [-0.2, 0) is 5.54 Å². The molecule has 0 unspecified atom stereocenters. The van der Waals surface area contributed by atoms with Crippen molar-refractivity contribution in [3.8, 4) is 0 Å². The highest BCUT2D eigenvalue weighted by Crippen LogP contribution is 2.41. The fourth-order valence-electron chi connectivity index (χ4n) is 1.36. The highest BCUT2D eigenvalue weighted by Gasteiger charge is 2.41. The summed E-state index contributed by atoms with van der Waals surface area (Å²) in [6, 6.07) is 1.99. The summed E-state index contributed by atoms with van der Waals surface area (Å²) in [6.45, 7) is 3.88. The van der Waals surface area contributed by atoms with Gasteiger partial charge in [0.05, 0.1) is 11.2 Å². The Hall–Kier alpha value is -0.960. The average Bonchev–Trinajstić information content (AvgIpc) is 2.67. The first-order valence-electron chi connectivity index (χ1n) is 4.22. The first kappa shape index (κ1) is 7.68. The largest absolute Gasteiger partial charge is 0.320 e. The molecule has 1 aliphatic rings. The van der Waals surface area contributed by atoms with Gasteiger partial charge in [0.25, 0.3) is 0 Å². The Bertz CT molecular complexity index is 295. The first-order valence-corrected chi connectivity index (χ1v) is 4.22. The Balaban J connectivity index is 2.44. The lowest BCUT2D eigenvalue weighted by atomic mass is 10.1. The number of hydrogen-bond donors (Lipinski definition) is 1. The van der Waals surface area contributed by atoms with Crippen LogP contribution in [0.4, 0.5) is 0 Å². The average molecular weight is 163 g/mol. The van der Waals surface area contributed by atoms with Gasteiger partial charge in [-0.1, -0.05) is 0 Å². The Kier molecular flexibility index (Phi) is 1.45. The molecule has 0 radical (unpaired) electrons. The molecule has 0 amide bonds. The Morgan fingerprint density at radius 1 is 1.33 bits per heavy atom. The van der Waals surface area contributed by atoms with Gasteiger partial charge in [-0.2, -0.15) is 0 Å². The molecule has 1 aromatic heterocycles. The topological polar surface area (TPSA) is 51.8 Å². The van der Waals surface area contributed by atoms with E-state index >= 15 is 0 Å². The third-order valence-corrected chi connectivity index (χ3v) is 2.26. The van der Waals surface area contributed by atoms with Gasteiger partial charge in [0.1, 0.15) is 5.82 Å². The molecule has 0 bridgehead atoms. The minimum absolute atomic E-state index is 0.127. The van der Waals surface area contributed by atoms with Gasteiger partial charge in [0, 0.05) is 5.69 Å². The van der Waals surface area contributed by atoms with E-state index in [1.807, 2.05) is 19.9 Å². The van der Waals surface area contributed by atoms with E-state index in [4.69, 9.17) is 5.73 Å². The predicted molar refractivity (Wildman–Crippen MR) is 46.6 cm³/mol. The van der Waals surface area contributed by atoms with Crippen molar-refractivity contribution >= 4 is 0 Å². The van der Waals surface area contributed by atoms with Gasteiger partial charge >= 0.3 is 0 Å². The summed E-state index contributed by atoms with van der Waals surface area (Å²) in [5.41, 5.74) is 7.90. The molecule has 12 heavy (non-hydrogen) atoms. The molecule has 1 aromatic rings. The zero-order valence-corrected chi connectivity index (χ0v) is 7.46. The third kappa shape index (κ3) is 1.20. The highest BCUT2D eigenvalue weighted by atomic mass is 15.0. The van der Waals surface area contributed by atoms with Crippen molar-refractivity contribution in [3.63, 3.8) is 0 Å². The molecule has 0 aromatic carbocycles. The van der Waals surface area contributed by atoms with E-state index in [9.17, 15) is 0 Å². The summed E-state index contributed by atoms with van der Waals surface area (Å²) in [4.78, 5) is 8.54. The number of hydrogen-bond acceptors (Lipinski definition) is 3. The van der Waals surface area contributed by atoms with Gasteiger partial charge in [-0.25, -0.2) is 9.97 Å². The van der Waals surface area contributed by atoms with Gasteiger partial charge in [0.15, 0.2) is 0 Å². The fraction of sp³-hybridized carbons (Fsp3) is 0.556. The Labute approximate surface area is 72.0 Å². The molecular formula is C9H13N3. The zero-order chi connectivity index (χ0) is 8.77. The van der Waals surface area contributed by atoms with Gasteiger partial charge in [0.2, 0.25) is 0 Å².